The van der Waals surface area contributed by atoms with Crippen LogP contribution in [0.3, 0.4) is 0 Å². The van der Waals surface area contributed by atoms with Crippen LogP contribution in [0.15, 0.2) is 16.6 Å². The van der Waals surface area contributed by atoms with Gasteiger partial charge >= 0.3 is 0 Å². The molecular formula is C15H18BrNO3. The molecule has 1 saturated carbocycles. The quantitative estimate of drug-likeness (QED) is 0.899. The highest BCUT2D eigenvalue weighted by atomic mass is 79.9. The Kier molecular flexibility index (Phi) is 4.15. The molecule has 3 rings (SSSR count). The highest BCUT2D eigenvalue weighted by Crippen LogP contribution is 2.35. The summed E-state index contributed by atoms with van der Waals surface area (Å²) in [6.07, 6.45) is 5.84. The standard InChI is InChI=1S/C15H18BrNO3/c16-12-9-14-13(19-6-7-20-14)8-11(12)15(18)17-10-4-2-1-3-5-10/h8-10H,1-7H2,(H,17,18). The Hall–Kier alpha value is -1.23. The summed E-state index contributed by atoms with van der Waals surface area (Å²) in [6, 6.07) is 3.87. The fraction of sp³-hybridized carbons (Fsp3) is 0.533. The minimum absolute atomic E-state index is 0.0410. The molecule has 1 aliphatic heterocycles. The number of fused-ring (bicyclic) bond motifs is 1. The molecule has 1 N–H and O–H groups in total. The SMILES string of the molecule is O=C(NC1CCCCC1)c1cc2c(cc1Br)OCCO2. The molecule has 1 fully saturated rings. The van der Waals surface area contributed by atoms with Gasteiger partial charge in [-0.25, -0.2) is 0 Å². The molecule has 5 heteroatoms. The van der Waals surface area contributed by atoms with Crippen LogP contribution in [0.25, 0.3) is 0 Å². The van der Waals surface area contributed by atoms with Crippen LogP contribution in [0.2, 0.25) is 0 Å². The van der Waals surface area contributed by atoms with Gasteiger partial charge in [0.25, 0.3) is 5.91 Å². The van der Waals surface area contributed by atoms with Crippen LogP contribution in [-0.4, -0.2) is 25.2 Å². The fourth-order valence-corrected chi connectivity index (χ4v) is 3.25. The van der Waals surface area contributed by atoms with E-state index in [2.05, 4.69) is 21.2 Å². The summed E-state index contributed by atoms with van der Waals surface area (Å²) < 4.78 is 11.8. The minimum Gasteiger partial charge on any atom is -0.486 e. The van der Waals surface area contributed by atoms with E-state index in [4.69, 9.17) is 9.47 Å². The molecular weight excluding hydrogens is 322 g/mol. The van der Waals surface area contributed by atoms with E-state index >= 15 is 0 Å². The summed E-state index contributed by atoms with van der Waals surface area (Å²) in [4.78, 5) is 12.4. The lowest BCUT2D eigenvalue weighted by atomic mass is 9.95. The summed E-state index contributed by atoms with van der Waals surface area (Å²) >= 11 is 3.44. The molecule has 1 aromatic carbocycles. The van der Waals surface area contributed by atoms with Crippen molar-refractivity contribution in [1.29, 1.82) is 0 Å². The highest BCUT2D eigenvalue weighted by Gasteiger charge is 2.21. The fourth-order valence-electron chi connectivity index (χ4n) is 2.75. The van der Waals surface area contributed by atoms with Gasteiger partial charge < -0.3 is 14.8 Å². The normalized spacial score (nSPS) is 18.6. The van der Waals surface area contributed by atoms with E-state index in [9.17, 15) is 4.79 Å². The average Bonchev–Trinajstić information content (AvgIpc) is 2.47. The molecule has 1 aliphatic carbocycles. The van der Waals surface area contributed by atoms with Crippen LogP contribution in [0.4, 0.5) is 0 Å². The first kappa shape index (κ1) is 13.7. The van der Waals surface area contributed by atoms with Crippen LogP contribution in [0, 0.1) is 0 Å². The maximum atomic E-state index is 12.4. The number of carbonyl (C=O) groups is 1. The number of hydrogen-bond donors (Lipinski definition) is 1. The third-order valence-electron chi connectivity index (χ3n) is 3.82. The van der Waals surface area contributed by atoms with Crippen molar-refractivity contribution < 1.29 is 14.3 Å². The number of halogens is 1. The second kappa shape index (κ2) is 6.04. The number of rotatable bonds is 2. The lowest BCUT2D eigenvalue weighted by Crippen LogP contribution is -2.36. The lowest BCUT2D eigenvalue weighted by molar-refractivity contribution is 0.0925. The number of amides is 1. The maximum absolute atomic E-state index is 12.4. The molecule has 20 heavy (non-hydrogen) atoms. The van der Waals surface area contributed by atoms with Crippen molar-refractivity contribution >= 4 is 21.8 Å². The van der Waals surface area contributed by atoms with Gasteiger partial charge in [0.1, 0.15) is 13.2 Å². The monoisotopic (exact) mass is 339 g/mol. The predicted octanol–water partition coefficient (Wildman–Crippen LogP) is 3.28. The van der Waals surface area contributed by atoms with Crippen molar-refractivity contribution in [2.75, 3.05) is 13.2 Å². The number of hydrogen-bond acceptors (Lipinski definition) is 3. The van der Waals surface area contributed by atoms with Gasteiger partial charge in [0, 0.05) is 10.5 Å². The van der Waals surface area contributed by atoms with Crippen LogP contribution in [0.5, 0.6) is 11.5 Å². The van der Waals surface area contributed by atoms with Crippen molar-refractivity contribution in [3.05, 3.63) is 22.2 Å². The van der Waals surface area contributed by atoms with Gasteiger partial charge in [-0.1, -0.05) is 19.3 Å². The average molecular weight is 340 g/mol. The smallest absolute Gasteiger partial charge is 0.252 e. The van der Waals surface area contributed by atoms with E-state index < -0.39 is 0 Å². The zero-order valence-electron chi connectivity index (χ0n) is 11.3. The predicted molar refractivity (Wildman–Crippen MR) is 79.5 cm³/mol. The van der Waals surface area contributed by atoms with Gasteiger partial charge in [0.2, 0.25) is 0 Å². The second-order valence-electron chi connectivity index (χ2n) is 5.28. The lowest BCUT2D eigenvalue weighted by Gasteiger charge is -2.24. The van der Waals surface area contributed by atoms with Crippen molar-refractivity contribution in [2.24, 2.45) is 0 Å². The molecule has 1 heterocycles. The zero-order valence-corrected chi connectivity index (χ0v) is 12.9. The second-order valence-corrected chi connectivity index (χ2v) is 6.14. The Labute approximate surface area is 127 Å². The van der Waals surface area contributed by atoms with Gasteiger partial charge in [-0.15, -0.1) is 0 Å². The highest BCUT2D eigenvalue weighted by molar-refractivity contribution is 9.10. The molecule has 1 amide bonds. The van der Waals surface area contributed by atoms with Gasteiger partial charge in [-0.2, -0.15) is 0 Å². The molecule has 0 unspecified atom stereocenters. The first-order chi connectivity index (χ1) is 9.74. The Balaban J connectivity index is 1.76. The molecule has 0 aromatic heterocycles. The Morgan fingerprint density at radius 1 is 1.10 bits per heavy atom. The molecule has 0 bridgehead atoms. The summed E-state index contributed by atoms with van der Waals surface area (Å²) in [5.74, 6) is 1.30. The van der Waals surface area contributed by atoms with Gasteiger partial charge in [-0.3, -0.25) is 4.79 Å². The molecule has 0 saturated heterocycles. The van der Waals surface area contributed by atoms with Crippen LogP contribution < -0.4 is 14.8 Å². The van der Waals surface area contributed by atoms with Gasteiger partial charge in [0.15, 0.2) is 11.5 Å². The number of benzene rings is 1. The topological polar surface area (TPSA) is 47.6 Å². The van der Waals surface area contributed by atoms with Crippen molar-refractivity contribution in [3.8, 4) is 11.5 Å². The first-order valence-electron chi connectivity index (χ1n) is 7.14. The maximum Gasteiger partial charge on any atom is 0.252 e. The summed E-state index contributed by atoms with van der Waals surface area (Å²) in [5, 5.41) is 3.12. The summed E-state index contributed by atoms with van der Waals surface area (Å²) in [6.45, 7) is 1.07. The largest absolute Gasteiger partial charge is 0.486 e. The van der Waals surface area contributed by atoms with Crippen molar-refractivity contribution in [1.82, 2.24) is 5.32 Å². The minimum atomic E-state index is -0.0410. The Bertz CT molecular complexity index is 512. The van der Waals surface area contributed by atoms with Crippen LogP contribution in [0.1, 0.15) is 42.5 Å². The van der Waals surface area contributed by atoms with Crippen molar-refractivity contribution in [2.45, 2.75) is 38.1 Å². The van der Waals surface area contributed by atoms with E-state index in [1.807, 2.05) is 6.07 Å². The molecule has 1 aromatic rings. The summed E-state index contributed by atoms with van der Waals surface area (Å²) in [7, 11) is 0. The zero-order chi connectivity index (χ0) is 13.9. The van der Waals surface area contributed by atoms with Gasteiger partial charge in [-0.05, 0) is 40.9 Å². The third-order valence-corrected chi connectivity index (χ3v) is 4.47. The molecule has 4 nitrogen and oxygen atoms in total. The Morgan fingerprint density at radius 3 is 2.45 bits per heavy atom. The number of ether oxygens (including phenoxy) is 2. The van der Waals surface area contributed by atoms with E-state index in [0.29, 0.717) is 36.3 Å². The van der Waals surface area contributed by atoms with E-state index in [0.717, 1.165) is 17.3 Å². The van der Waals surface area contributed by atoms with E-state index in [1.54, 1.807) is 6.07 Å². The molecule has 0 radical (unpaired) electrons. The third kappa shape index (κ3) is 2.92. The molecule has 0 spiro atoms. The van der Waals surface area contributed by atoms with Gasteiger partial charge in [0.05, 0.1) is 5.56 Å². The van der Waals surface area contributed by atoms with Crippen molar-refractivity contribution in [3.63, 3.8) is 0 Å². The number of nitrogens with one attached hydrogen (secondary N) is 1. The van der Waals surface area contributed by atoms with E-state index in [-0.39, 0.29) is 5.91 Å². The number of carbonyl (C=O) groups excluding carboxylic acids is 1. The molecule has 2 aliphatic rings. The van der Waals surface area contributed by atoms with E-state index in [1.165, 1.54) is 19.3 Å². The first-order valence-corrected chi connectivity index (χ1v) is 7.93. The Morgan fingerprint density at radius 2 is 1.75 bits per heavy atom. The summed E-state index contributed by atoms with van der Waals surface area (Å²) in [5.41, 5.74) is 0.611. The van der Waals surface area contributed by atoms with Crippen LogP contribution in [-0.2, 0) is 0 Å². The molecule has 108 valence electrons. The van der Waals surface area contributed by atoms with Crippen LogP contribution >= 0.6 is 15.9 Å². The molecule has 0 atom stereocenters.